The molecule has 0 bridgehead atoms. The normalized spacial score (nSPS) is 11.5. The molecule has 2 aromatic carbocycles. The summed E-state index contributed by atoms with van der Waals surface area (Å²) in [6.45, 7) is 3.71. The molecule has 0 radical (unpaired) electrons. The van der Waals surface area contributed by atoms with Crippen molar-refractivity contribution < 1.29 is 14.3 Å². The standard InChI is InChI=1S/C23H21Cl2N3O3S/c1-14-7-9-17(10-8-14)27-21(29)13-32-15(2)22(30)28-19-5-3-4-6-20(19)31-23-18(25)11-16(24)12-26-23/h3-12,15H,13H2,1-2H3,(H,27,29)(H,28,30). The highest BCUT2D eigenvalue weighted by Crippen LogP contribution is 2.33. The fourth-order valence-electron chi connectivity index (χ4n) is 2.58. The molecule has 2 amide bonds. The Balaban J connectivity index is 1.56. The van der Waals surface area contributed by atoms with Crippen molar-refractivity contribution in [2.75, 3.05) is 16.4 Å². The van der Waals surface area contributed by atoms with Crippen LogP contribution in [0.3, 0.4) is 0 Å². The van der Waals surface area contributed by atoms with Crippen LogP contribution in [-0.2, 0) is 9.59 Å². The zero-order chi connectivity index (χ0) is 23.1. The molecular weight excluding hydrogens is 469 g/mol. The van der Waals surface area contributed by atoms with Gasteiger partial charge in [-0.1, -0.05) is 53.0 Å². The average molecular weight is 490 g/mol. The number of ether oxygens (including phenoxy) is 1. The first-order valence-corrected chi connectivity index (χ1v) is 11.5. The second-order valence-electron chi connectivity index (χ2n) is 6.90. The van der Waals surface area contributed by atoms with Gasteiger partial charge in [-0.15, -0.1) is 11.8 Å². The Labute approximate surface area is 200 Å². The number of nitrogens with one attached hydrogen (secondary N) is 2. The second-order valence-corrected chi connectivity index (χ2v) is 9.07. The molecular formula is C23H21Cl2N3O3S. The number of benzene rings is 2. The number of hydrogen-bond donors (Lipinski definition) is 2. The highest BCUT2D eigenvalue weighted by Gasteiger charge is 2.18. The molecule has 0 saturated carbocycles. The van der Waals surface area contributed by atoms with E-state index in [0.29, 0.717) is 16.5 Å². The summed E-state index contributed by atoms with van der Waals surface area (Å²) in [5, 5.41) is 5.82. The van der Waals surface area contributed by atoms with E-state index in [2.05, 4.69) is 15.6 Å². The minimum absolute atomic E-state index is 0.144. The maximum absolute atomic E-state index is 12.7. The van der Waals surface area contributed by atoms with Gasteiger partial charge in [-0.2, -0.15) is 0 Å². The predicted molar refractivity (Wildman–Crippen MR) is 131 cm³/mol. The molecule has 0 fully saturated rings. The maximum atomic E-state index is 12.7. The third-order valence-electron chi connectivity index (χ3n) is 4.29. The molecule has 1 unspecified atom stereocenters. The molecule has 3 rings (SSSR count). The van der Waals surface area contributed by atoms with Gasteiger partial charge in [-0.3, -0.25) is 9.59 Å². The molecule has 0 aliphatic carbocycles. The number of pyridine rings is 1. The van der Waals surface area contributed by atoms with Gasteiger partial charge in [0, 0.05) is 11.9 Å². The molecule has 1 aromatic heterocycles. The van der Waals surface area contributed by atoms with Crippen molar-refractivity contribution in [3.05, 3.63) is 76.4 Å². The van der Waals surface area contributed by atoms with Crippen molar-refractivity contribution >= 4 is 58.2 Å². The van der Waals surface area contributed by atoms with Gasteiger partial charge in [0.05, 0.1) is 21.7 Å². The van der Waals surface area contributed by atoms with E-state index in [9.17, 15) is 9.59 Å². The molecule has 0 saturated heterocycles. The van der Waals surface area contributed by atoms with Crippen LogP contribution in [0, 0.1) is 6.92 Å². The lowest BCUT2D eigenvalue weighted by molar-refractivity contribution is -0.115. The van der Waals surface area contributed by atoms with Gasteiger partial charge < -0.3 is 15.4 Å². The molecule has 166 valence electrons. The van der Waals surface area contributed by atoms with Gasteiger partial charge in [0.2, 0.25) is 17.7 Å². The summed E-state index contributed by atoms with van der Waals surface area (Å²) in [4.78, 5) is 28.9. The van der Waals surface area contributed by atoms with E-state index in [-0.39, 0.29) is 28.5 Å². The lowest BCUT2D eigenvalue weighted by Gasteiger charge is -2.15. The number of aromatic nitrogens is 1. The molecule has 0 aliphatic heterocycles. The number of halogens is 2. The average Bonchev–Trinajstić information content (AvgIpc) is 2.76. The molecule has 1 atom stereocenters. The summed E-state index contributed by atoms with van der Waals surface area (Å²) >= 11 is 13.2. The smallest absolute Gasteiger partial charge is 0.238 e. The Morgan fingerprint density at radius 2 is 1.81 bits per heavy atom. The molecule has 6 nitrogen and oxygen atoms in total. The Morgan fingerprint density at radius 1 is 1.09 bits per heavy atom. The van der Waals surface area contributed by atoms with E-state index in [1.165, 1.54) is 24.0 Å². The van der Waals surface area contributed by atoms with E-state index < -0.39 is 5.25 Å². The number of carbonyl (C=O) groups is 2. The third-order valence-corrected chi connectivity index (χ3v) is 5.92. The number of anilines is 2. The van der Waals surface area contributed by atoms with Gasteiger partial charge in [0.25, 0.3) is 0 Å². The number of carbonyl (C=O) groups excluding carboxylic acids is 2. The van der Waals surface area contributed by atoms with Crippen LogP contribution in [0.1, 0.15) is 12.5 Å². The van der Waals surface area contributed by atoms with Crippen molar-refractivity contribution in [1.29, 1.82) is 0 Å². The quantitative estimate of drug-likeness (QED) is 0.394. The fourth-order valence-corrected chi connectivity index (χ4v) is 3.69. The highest BCUT2D eigenvalue weighted by molar-refractivity contribution is 8.01. The summed E-state index contributed by atoms with van der Waals surface area (Å²) in [5.41, 5.74) is 2.29. The lowest BCUT2D eigenvalue weighted by atomic mass is 10.2. The third kappa shape index (κ3) is 6.88. The van der Waals surface area contributed by atoms with Crippen molar-refractivity contribution in [2.24, 2.45) is 0 Å². The fraction of sp³-hybridized carbons (Fsp3) is 0.174. The number of rotatable bonds is 8. The minimum Gasteiger partial charge on any atom is -0.435 e. The minimum atomic E-state index is -0.468. The van der Waals surface area contributed by atoms with Crippen LogP contribution >= 0.6 is 35.0 Å². The number of nitrogens with zero attached hydrogens (tertiary/aromatic N) is 1. The highest BCUT2D eigenvalue weighted by atomic mass is 35.5. The Bertz CT molecular complexity index is 1110. The van der Waals surface area contributed by atoms with Crippen LogP contribution < -0.4 is 15.4 Å². The van der Waals surface area contributed by atoms with E-state index in [1.807, 2.05) is 31.2 Å². The number of para-hydroxylation sites is 2. The van der Waals surface area contributed by atoms with Crippen molar-refractivity contribution in [3.8, 4) is 11.6 Å². The molecule has 0 aliphatic rings. The first kappa shape index (κ1) is 23.9. The molecule has 1 heterocycles. The molecule has 9 heteroatoms. The zero-order valence-electron chi connectivity index (χ0n) is 17.4. The van der Waals surface area contributed by atoms with Crippen LogP contribution in [0.4, 0.5) is 11.4 Å². The molecule has 32 heavy (non-hydrogen) atoms. The Morgan fingerprint density at radius 3 is 2.53 bits per heavy atom. The van der Waals surface area contributed by atoms with Crippen LogP contribution in [-0.4, -0.2) is 27.8 Å². The molecule has 3 aromatic rings. The molecule has 2 N–H and O–H groups in total. The zero-order valence-corrected chi connectivity index (χ0v) is 19.7. The lowest BCUT2D eigenvalue weighted by Crippen LogP contribution is -2.25. The van der Waals surface area contributed by atoms with Gasteiger partial charge in [-0.25, -0.2) is 4.98 Å². The van der Waals surface area contributed by atoms with Crippen LogP contribution in [0.15, 0.2) is 60.8 Å². The Kier molecular flexibility index (Phi) is 8.39. The van der Waals surface area contributed by atoms with Crippen LogP contribution in [0.2, 0.25) is 10.0 Å². The molecule has 0 spiro atoms. The largest absolute Gasteiger partial charge is 0.435 e. The van der Waals surface area contributed by atoms with Gasteiger partial charge >= 0.3 is 0 Å². The maximum Gasteiger partial charge on any atom is 0.238 e. The predicted octanol–water partition coefficient (Wildman–Crippen LogP) is 6.19. The number of aryl methyl sites for hydroxylation is 1. The summed E-state index contributed by atoms with van der Waals surface area (Å²) in [6, 6.07) is 16.0. The van der Waals surface area contributed by atoms with Gasteiger partial charge in [0.1, 0.15) is 5.02 Å². The van der Waals surface area contributed by atoms with Crippen molar-refractivity contribution in [1.82, 2.24) is 4.98 Å². The Hall–Kier alpha value is -2.74. The van der Waals surface area contributed by atoms with Gasteiger partial charge in [0.15, 0.2) is 5.75 Å². The monoisotopic (exact) mass is 489 g/mol. The first-order chi connectivity index (χ1) is 15.3. The number of thioether (sulfide) groups is 1. The number of hydrogen-bond acceptors (Lipinski definition) is 5. The van der Waals surface area contributed by atoms with E-state index in [1.54, 1.807) is 31.2 Å². The van der Waals surface area contributed by atoms with E-state index in [0.717, 1.165) is 11.3 Å². The van der Waals surface area contributed by atoms with Crippen molar-refractivity contribution in [2.45, 2.75) is 19.1 Å². The van der Waals surface area contributed by atoms with Crippen LogP contribution in [0.5, 0.6) is 11.6 Å². The number of amides is 2. The SMILES string of the molecule is Cc1ccc(NC(=O)CSC(C)C(=O)Nc2ccccc2Oc2ncc(Cl)cc2Cl)cc1. The van der Waals surface area contributed by atoms with Gasteiger partial charge in [-0.05, 0) is 44.2 Å². The summed E-state index contributed by atoms with van der Waals surface area (Å²) < 4.78 is 5.76. The second kappa shape index (κ2) is 11.2. The van der Waals surface area contributed by atoms with Crippen molar-refractivity contribution in [3.63, 3.8) is 0 Å². The topological polar surface area (TPSA) is 80.3 Å². The van der Waals surface area contributed by atoms with E-state index in [4.69, 9.17) is 27.9 Å². The first-order valence-electron chi connectivity index (χ1n) is 9.68. The summed E-state index contributed by atoms with van der Waals surface area (Å²) in [7, 11) is 0. The summed E-state index contributed by atoms with van der Waals surface area (Å²) in [5.74, 6) is 0.264. The van der Waals surface area contributed by atoms with Crippen LogP contribution in [0.25, 0.3) is 0 Å². The summed E-state index contributed by atoms with van der Waals surface area (Å²) in [6.07, 6.45) is 1.42. The van der Waals surface area contributed by atoms with E-state index >= 15 is 0 Å².